The zero-order valence-electron chi connectivity index (χ0n) is 14.0. The van der Waals surface area contributed by atoms with Gasteiger partial charge in [0.25, 0.3) is 0 Å². The molecule has 0 bridgehead atoms. The molecule has 1 atom stereocenters. The summed E-state index contributed by atoms with van der Waals surface area (Å²) in [6.45, 7) is 2.59. The number of hydrogen-bond donors (Lipinski definition) is 1. The van der Waals surface area contributed by atoms with Crippen LogP contribution in [0.1, 0.15) is 11.1 Å². The van der Waals surface area contributed by atoms with Crippen molar-refractivity contribution in [2.24, 2.45) is 5.73 Å². The maximum Gasteiger partial charge on any atom is 0.239 e. The number of pyridine rings is 1. The molecule has 6 nitrogen and oxygen atoms in total. The van der Waals surface area contributed by atoms with Crippen molar-refractivity contribution < 1.29 is 4.79 Å². The molecule has 1 aliphatic heterocycles. The van der Waals surface area contributed by atoms with Gasteiger partial charge in [0.2, 0.25) is 5.91 Å². The fraction of sp³-hybridized carbons (Fsp3) is 0.316. The van der Waals surface area contributed by atoms with Gasteiger partial charge in [0.15, 0.2) is 0 Å². The first kappa shape index (κ1) is 16.9. The minimum atomic E-state index is -0.519. The standard InChI is InChI=1S/C19H21N5O/c20-14-16-6-7-22-18(13-16)23-8-10-24(11-9-23)19(25)17(21)12-15-4-2-1-3-5-15/h1-7,13,17H,8-12,21H2/t17-/m0/s1. The summed E-state index contributed by atoms with van der Waals surface area (Å²) in [5.41, 5.74) is 7.77. The Kier molecular flexibility index (Phi) is 5.26. The molecule has 2 N–H and O–H groups in total. The number of nitrogens with two attached hydrogens (primary N) is 1. The molecule has 0 unspecified atom stereocenters. The molecule has 2 heterocycles. The quantitative estimate of drug-likeness (QED) is 0.906. The van der Waals surface area contributed by atoms with E-state index in [-0.39, 0.29) is 5.91 Å². The van der Waals surface area contributed by atoms with Crippen LogP contribution in [0, 0.1) is 11.3 Å². The summed E-state index contributed by atoms with van der Waals surface area (Å²) < 4.78 is 0. The van der Waals surface area contributed by atoms with Gasteiger partial charge in [-0.05, 0) is 24.1 Å². The number of amides is 1. The van der Waals surface area contributed by atoms with Crippen molar-refractivity contribution in [3.8, 4) is 6.07 Å². The van der Waals surface area contributed by atoms with Crippen molar-refractivity contribution in [2.45, 2.75) is 12.5 Å². The lowest BCUT2D eigenvalue weighted by molar-refractivity contribution is -0.132. The highest BCUT2D eigenvalue weighted by Crippen LogP contribution is 2.15. The highest BCUT2D eigenvalue weighted by Gasteiger charge is 2.25. The van der Waals surface area contributed by atoms with Gasteiger partial charge in [-0.25, -0.2) is 4.98 Å². The van der Waals surface area contributed by atoms with Gasteiger partial charge in [-0.3, -0.25) is 4.79 Å². The number of anilines is 1. The van der Waals surface area contributed by atoms with Crippen molar-refractivity contribution >= 4 is 11.7 Å². The average molecular weight is 335 g/mol. The van der Waals surface area contributed by atoms with Crippen LogP contribution in [0.5, 0.6) is 0 Å². The third-order valence-corrected chi connectivity index (χ3v) is 4.41. The SMILES string of the molecule is N#Cc1ccnc(N2CCN(C(=O)[C@@H](N)Cc3ccccc3)CC2)c1. The molecule has 6 heteroatoms. The lowest BCUT2D eigenvalue weighted by atomic mass is 10.1. The van der Waals surface area contributed by atoms with Crippen LogP contribution in [0.2, 0.25) is 0 Å². The Hall–Kier alpha value is -2.91. The molecular formula is C19H21N5O. The second-order valence-electron chi connectivity index (χ2n) is 6.12. The molecule has 1 amide bonds. The van der Waals surface area contributed by atoms with Crippen LogP contribution in [0.3, 0.4) is 0 Å². The first-order valence-corrected chi connectivity index (χ1v) is 8.37. The van der Waals surface area contributed by atoms with E-state index >= 15 is 0 Å². The van der Waals surface area contributed by atoms with Crippen LogP contribution in [0.4, 0.5) is 5.82 Å². The summed E-state index contributed by atoms with van der Waals surface area (Å²) in [4.78, 5) is 20.8. The maximum atomic E-state index is 12.6. The molecule has 0 radical (unpaired) electrons. The number of nitriles is 1. The third-order valence-electron chi connectivity index (χ3n) is 4.41. The second-order valence-corrected chi connectivity index (χ2v) is 6.12. The zero-order valence-corrected chi connectivity index (χ0v) is 14.0. The lowest BCUT2D eigenvalue weighted by Crippen LogP contribution is -2.53. The molecule has 3 rings (SSSR count). The van der Waals surface area contributed by atoms with Gasteiger partial charge in [-0.1, -0.05) is 30.3 Å². The van der Waals surface area contributed by atoms with Crippen LogP contribution in [0.15, 0.2) is 48.7 Å². The monoisotopic (exact) mass is 335 g/mol. The van der Waals surface area contributed by atoms with E-state index in [1.807, 2.05) is 35.2 Å². The second kappa shape index (κ2) is 7.77. The summed E-state index contributed by atoms with van der Waals surface area (Å²) in [7, 11) is 0. The molecule has 1 aromatic carbocycles. The van der Waals surface area contributed by atoms with Gasteiger partial charge < -0.3 is 15.5 Å². The van der Waals surface area contributed by atoms with E-state index in [4.69, 9.17) is 11.0 Å². The Balaban J connectivity index is 1.56. The number of piperazine rings is 1. The number of rotatable bonds is 4. The highest BCUT2D eigenvalue weighted by atomic mass is 16.2. The summed E-state index contributed by atoms with van der Waals surface area (Å²) in [6, 6.07) is 14.9. The topological polar surface area (TPSA) is 86.2 Å². The Bertz CT molecular complexity index is 763. The van der Waals surface area contributed by atoms with Crippen LogP contribution in [-0.2, 0) is 11.2 Å². The van der Waals surface area contributed by atoms with E-state index in [0.717, 1.165) is 11.4 Å². The number of aromatic nitrogens is 1. The predicted octanol–water partition coefficient (Wildman–Crippen LogP) is 1.17. The Morgan fingerprint density at radius 1 is 1.20 bits per heavy atom. The van der Waals surface area contributed by atoms with E-state index in [0.29, 0.717) is 38.2 Å². The van der Waals surface area contributed by atoms with Gasteiger partial charge in [-0.2, -0.15) is 5.26 Å². The third kappa shape index (κ3) is 4.14. The molecule has 1 aromatic heterocycles. The smallest absolute Gasteiger partial charge is 0.239 e. The maximum absolute atomic E-state index is 12.6. The summed E-state index contributed by atoms with van der Waals surface area (Å²) in [5.74, 6) is 0.766. The molecule has 1 aliphatic rings. The Labute approximate surface area is 147 Å². The van der Waals surface area contributed by atoms with E-state index in [9.17, 15) is 4.79 Å². The van der Waals surface area contributed by atoms with E-state index in [2.05, 4.69) is 16.0 Å². The molecule has 1 saturated heterocycles. The van der Waals surface area contributed by atoms with Crippen LogP contribution in [0.25, 0.3) is 0 Å². The lowest BCUT2D eigenvalue weighted by Gasteiger charge is -2.36. The summed E-state index contributed by atoms with van der Waals surface area (Å²) in [5, 5.41) is 8.99. The van der Waals surface area contributed by atoms with Gasteiger partial charge in [0, 0.05) is 32.4 Å². The van der Waals surface area contributed by atoms with Crippen molar-refractivity contribution in [3.63, 3.8) is 0 Å². The highest BCUT2D eigenvalue weighted by molar-refractivity contribution is 5.82. The number of benzene rings is 1. The van der Waals surface area contributed by atoms with Gasteiger partial charge in [-0.15, -0.1) is 0 Å². The Morgan fingerprint density at radius 3 is 2.60 bits per heavy atom. The average Bonchev–Trinajstić information content (AvgIpc) is 2.68. The van der Waals surface area contributed by atoms with Crippen molar-refractivity contribution in [1.29, 1.82) is 5.26 Å². The fourth-order valence-electron chi connectivity index (χ4n) is 3.01. The molecule has 2 aromatic rings. The first-order chi connectivity index (χ1) is 12.2. The minimum absolute atomic E-state index is 0.0118. The van der Waals surface area contributed by atoms with Crippen molar-refractivity contribution in [3.05, 3.63) is 59.8 Å². The van der Waals surface area contributed by atoms with Gasteiger partial charge in [0.1, 0.15) is 5.82 Å². The predicted molar refractivity (Wildman–Crippen MR) is 95.9 cm³/mol. The van der Waals surface area contributed by atoms with E-state index in [1.165, 1.54) is 0 Å². The molecule has 0 saturated carbocycles. The molecule has 128 valence electrons. The van der Waals surface area contributed by atoms with Crippen LogP contribution in [-0.4, -0.2) is 48.0 Å². The van der Waals surface area contributed by atoms with Gasteiger partial charge in [0.05, 0.1) is 17.7 Å². The summed E-state index contributed by atoms with van der Waals surface area (Å²) in [6.07, 6.45) is 2.19. The number of nitrogens with zero attached hydrogens (tertiary/aromatic N) is 4. The number of hydrogen-bond acceptors (Lipinski definition) is 5. The van der Waals surface area contributed by atoms with Crippen molar-refractivity contribution in [2.75, 3.05) is 31.1 Å². The molecule has 25 heavy (non-hydrogen) atoms. The molecule has 0 spiro atoms. The summed E-state index contributed by atoms with van der Waals surface area (Å²) >= 11 is 0. The zero-order chi connectivity index (χ0) is 17.6. The Morgan fingerprint density at radius 2 is 1.92 bits per heavy atom. The molecular weight excluding hydrogens is 314 g/mol. The first-order valence-electron chi connectivity index (χ1n) is 8.37. The van der Waals surface area contributed by atoms with Crippen molar-refractivity contribution in [1.82, 2.24) is 9.88 Å². The number of carbonyl (C=O) groups is 1. The normalized spacial score (nSPS) is 15.5. The van der Waals surface area contributed by atoms with E-state index in [1.54, 1.807) is 18.3 Å². The van der Waals surface area contributed by atoms with Crippen LogP contribution >= 0.6 is 0 Å². The van der Waals surface area contributed by atoms with E-state index < -0.39 is 6.04 Å². The van der Waals surface area contributed by atoms with Gasteiger partial charge >= 0.3 is 0 Å². The van der Waals surface area contributed by atoms with Crippen LogP contribution < -0.4 is 10.6 Å². The molecule has 1 fully saturated rings. The minimum Gasteiger partial charge on any atom is -0.353 e. The molecule has 0 aliphatic carbocycles. The number of carbonyl (C=O) groups excluding carboxylic acids is 1. The fourth-order valence-corrected chi connectivity index (χ4v) is 3.01. The largest absolute Gasteiger partial charge is 0.353 e.